The number of carbonyl (C=O) groups excluding carboxylic acids is 2. The molecule has 38 heavy (non-hydrogen) atoms. The maximum Gasteiger partial charge on any atom is 0.331 e. The van der Waals surface area contributed by atoms with Gasteiger partial charge in [-0.2, -0.15) is 0 Å². The molecule has 0 bridgehead atoms. The van der Waals surface area contributed by atoms with E-state index < -0.39 is 47.5 Å². The van der Waals surface area contributed by atoms with E-state index in [1.54, 1.807) is 18.2 Å². The Morgan fingerprint density at radius 3 is 2.39 bits per heavy atom. The molecule has 1 fully saturated rings. The zero-order valence-electron chi connectivity index (χ0n) is 22.8. The van der Waals surface area contributed by atoms with Gasteiger partial charge in [0.1, 0.15) is 18.2 Å². The van der Waals surface area contributed by atoms with Crippen molar-refractivity contribution in [3.8, 4) is 0 Å². The second-order valence-electron chi connectivity index (χ2n) is 11.2. The number of rotatable bonds is 10. The summed E-state index contributed by atoms with van der Waals surface area (Å²) in [6, 6.07) is -1.28. The molecule has 3 rings (SSSR count). The Hall–Kier alpha value is -3.20. The van der Waals surface area contributed by atoms with Crippen LogP contribution in [0.3, 0.4) is 0 Å². The van der Waals surface area contributed by atoms with Crippen LogP contribution in [0.5, 0.6) is 0 Å². The fourth-order valence-corrected chi connectivity index (χ4v) is 6.88. The fourth-order valence-electron chi connectivity index (χ4n) is 6.88. The van der Waals surface area contributed by atoms with E-state index in [0.717, 1.165) is 12.8 Å². The Kier molecular flexibility index (Phi) is 9.02. The molecule has 1 amide bonds. The van der Waals surface area contributed by atoms with Gasteiger partial charge in [-0.05, 0) is 37.2 Å². The zero-order valence-corrected chi connectivity index (χ0v) is 22.8. The van der Waals surface area contributed by atoms with Gasteiger partial charge in [-0.15, -0.1) is 0 Å². The number of nitrogens with zero attached hydrogens (tertiary/aromatic N) is 1. The first kappa shape index (κ1) is 29.4. The van der Waals surface area contributed by atoms with Crippen LogP contribution >= 0.6 is 0 Å². The van der Waals surface area contributed by atoms with Gasteiger partial charge < -0.3 is 24.6 Å². The minimum atomic E-state index is -1.28. The predicted octanol–water partition coefficient (Wildman–Crippen LogP) is 3.90. The fraction of sp³-hybridized carbons (Fsp3) is 0.586. The minimum absolute atomic E-state index is 0.0119. The van der Waals surface area contributed by atoms with E-state index in [-0.39, 0.29) is 30.7 Å². The van der Waals surface area contributed by atoms with E-state index in [9.17, 15) is 24.3 Å². The van der Waals surface area contributed by atoms with Crippen LogP contribution in [0.4, 0.5) is 0 Å². The van der Waals surface area contributed by atoms with Crippen molar-refractivity contribution in [2.45, 2.75) is 78.0 Å². The molecule has 9 nitrogen and oxygen atoms in total. The van der Waals surface area contributed by atoms with Gasteiger partial charge in [0.2, 0.25) is 0 Å². The summed E-state index contributed by atoms with van der Waals surface area (Å²) in [5.41, 5.74) is 0.173. The molecule has 1 saturated carbocycles. The Balaban J connectivity index is 2.03. The van der Waals surface area contributed by atoms with Crippen molar-refractivity contribution in [1.82, 2.24) is 4.90 Å². The minimum Gasteiger partial charge on any atom is -0.481 e. The van der Waals surface area contributed by atoms with Gasteiger partial charge in [-0.1, -0.05) is 57.6 Å². The Bertz CT molecular complexity index is 1080. The lowest BCUT2D eigenvalue weighted by Gasteiger charge is -2.57. The molecule has 0 spiro atoms. The van der Waals surface area contributed by atoms with Crippen molar-refractivity contribution in [3.05, 3.63) is 47.6 Å². The highest BCUT2D eigenvalue weighted by atomic mass is 16.6. The molecule has 0 aromatic carbocycles. The SMILES string of the molecule is C/C=C/C=C/C=C/C(=O)O[C@H]1[C@H](OC)C2=C(C(=O)N([C@@H](CCC(=O)O)C(=O)O)C2)[C@@]2(C)CCCC(C)(C)[C@H]12. The van der Waals surface area contributed by atoms with E-state index in [0.29, 0.717) is 17.6 Å². The number of allylic oxidation sites excluding steroid dienone is 5. The smallest absolute Gasteiger partial charge is 0.331 e. The maximum atomic E-state index is 13.9. The third-order valence-corrected chi connectivity index (χ3v) is 8.28. The summed E-state index contributed by atoms with van der Waals surface area (Å²) in [5, 5.41) is 19.0. The van der Waals surface area contributed by atoms with Gasteiger partial charge in [0.25, 0.3) is 5.91 Å². The Labute approximate surface area is 223 Å². The first-order chi connectivity index (χ1) is 17.9. The summed E-state index contributed by atoms with van der Waals surface area (Å²) in [7, 11) is 1.50. The zero-order chi connectivity index (χ0) is 28.3. The number of hydrogen-bond acceptors (Lipinski definition) is 6. The van der Waals surface area contributed by atoms with E-state index >= 15 is 0 Å². The highest BCUT2D eigenvalue weighted by Crippen LogP contribution is 2.62. The van der Waals surface area contributed by atoms with Crippen LogP contribution in [-0.4, -0.2) is 70.8 Å². The number of fused-ring (bicyclic) bond motifs is 2. The lowest BCUT2D eigenvalue weighted by molar-refractivity contribution is -0.173. The lowest BCUT2D eigenvalue weighted by Crippen LogP contribution is -2.58. The van der Waals surface area contributed by atoms with Crippen molar-refractivity contribution in [2.24, 2.45) is 16.7 Å². The second-order valence-corrected chi connectivity index (χ2v) is 11.2. The van der Waals surface area contributed by atoms with Crippen LogP contribution in [-0.2, 0) is 28.7 Å². The highest BCUT2D eigenvalue weighted by Gasteiger charge is 2.63. The number of amides is 1. The first-order valence-electron chi connectivity index (χ1n) is 13.1. The number of ether oxygens (including phenoxy) is 2. The van der Waals surface area contributed by atoms with Gasteiger partial charge in [0.05, 0.1) is 0 Å². The topological polar surface area (TPSA) is 130 Å². The van der Waals surface area contributed by atoms with Gasteiger partial charge in [-0.25, -0.2) is 9.59 Å². The normalized spacial score (nSPS) is 29.7. The Morgan fingerprint density at radius 1 is 1.11 bits per heavy atom. The number of carbonyl (C=O) groups is 4. The predicted molar refractivity (Wildman–Crippen MR) is 140 cm³/mol. The number of aliphatic carboxylic acids is 2. The van der Waals surface area contributed by atoms with Crippen LogP contribution in [0, 0.1) is 16.7 Å². The molecule has 1 aliphatic heterocycles. The number of hydrogen-bond donors (Lipinski definition) is 2. The summed E-state index contributed by atoms with van der Waals surface area (Å²) >= 11 is 0. The van der Waals surface area contributed by atoms with Crippen molar-refractivity contribution in [2.75, 3.05) is 13.7 Å². The van der Waals surface area contributed by atoms with Crippen LogP contribution in [0.15, 0.2) is 47.6 Å². The standard InChI is InChI=1S/C29H39NO8/c1-6-7-8-9-10-12-21(33)38-24-23(37-5)18-17-30(19(27(35)36)13-14-20(31)32)26(34)22(18)29(4)16-11-15-28(2,3)25(24)29/h6-10,12,19,23-25H,11,13-17H2,1-5H3,(H,31,32)(H,35,36)/b7-6+,9-8+,12-10+/t19-,23+,24-,25-,29+/m0/s1. The average Bonchev–Trinajstić information content (AvgIpc) is 3.15. The van der Waals surface area contributed by atoms with Crippen molar-refractivity contribution < 1.29 is 38.9 Å². The van der Waals surface area contributed by atoms with Crippen molar-refractivity contribution in [3.63, 3.8) is 0 Å². The molecule has 5 atom stereocenters. The molecule has 0 aromatic heterocycles. The van der Waals surface area contributed by atoms with Crippen LogP contribution in [0.1, 0.15) is 59.8 Å². The summed E-state index contributed by atoms with van der Waals surface area (Å²) in [4.78, 5) is 51.3. The molecule has 3 aliphatic rings. The van der Waals surface area contributed by atoms with Crippen LogP contribution in [0.2, 0.25) is 0 Å². The highest BCUT2D eigenvalue weighted by molar-refractivity contribution is 6.01. The lowest BCUT2D eigenvalue weighted by atomic mass is 9.49. The molecule has 0 saturated heterocycles. The summed E-state index contributed by atoms with van der Waals surface area (Å²) in [6.45, 7) is 8.09. The Morgan fingerprint density at radius 2 is 1.79 bits per heavy atom. The molecule has 0 unspecified atom stereocenters. The summed E-state index contributed by atoms with van der Waals surface area (Å²) in [6.07, 6.45) is 10.6. The van der Waals surface area contributed by atoms with Crippen molar-refractivity contribution in [1.29, 1.82) is 0 Å². The molecule has 9 heteroatoms. The molecule has 0 radical (unpaired) electrons. The maximum absolute atomic E-state index is 13.9. The quantitative estimate of drug-likeness (QED) is 0.248. The molecular weight excluding hydrogens is 490 g/mol. The van der Waals surface area contributed by atoms with E-state index in [2.05, 4.69) is 13.8 Å². The van der Waals surface area contributed by atoms with Gasteiger partial charge in [-0.3, -0.25) is 9.59 Å². The largest absolute Gasteiger partial charge is 0.481 e. The molecule has 2 aliphatic carbocycles. The van der Waals surface area contributed by atoms with Crippen LogP contribution < -0.4 is 0 Å². The van der Waals surface area contributed by atoms with Gasteiger partial charge in [0, 0.05) is 43.1 Å². The molecule has 0 aromatic rings. The van der Waals surface area contributed by atoms with Gasteiger partial charge in [0.15, 0.2) is 0 Å². The van der Waals surface area contributed by atoms with Crippen molar-refractivity contribution >= 4 is 23.8 Å². The summed E-state index contributed by atoms with van der Waals surface area (Å²) in [5.74, 6) is -3.56. The molecular formula is C29H39NO8. The van der Waals surface area contributed by atoms with E-state index in [1.165, 1.54) is 18.1 Å². The molecule has 2 N–H and O–H groups in total. The first-order valence-corrected chi connectivity index (χ1v) is 13.1. The molecule has 1 heterocycles. The van der Waals surface area contributed by atoms with Gasteiger partial charge >= 0.3 is 17.9 Å². The number of carboxylic acids is 2. The monoisotopic (exact) mass is 529 g/mol. The van der Waals surface area contributed by atoms with Crippen LogP contribution in [0.25, 0.3) is 0 Å². The van der Waals surface area contributed by atoms with E-state index in [1.807, 2.05) is 26.0 Å². The number of carboxylic acid groups (broad SMARTS) is 2. The molecule has 208 valence electrons. The second kappa shape index (κ2) is 11.7. The number of esters is 1. The third kappa shape index (κ3) is 5.62. The average molecular weight is 530 g/mol. The van der Waals surface area contributed by atoms with E-state index in [4.69, 9.17) is 14.6 Å². The third-order valence-electron chi connectivity index (χ3n) is 8.28. The number of methoxy groups -OCH3 is 1. The summed E-state index contributed by atoms with van der Waals surface area (Å²) < 4.78 is 12.0.